The molecule has 15 nitrogen and oxygen atoms in total. The number of amides is 1. The van der Waals surface area contributed by atoms with E-state index in [4.69, 9.17) is 29.4 Å². The van der Waals surface area contributed by atoms with E-state index in [0.29, 0.717) is 5.76 Å². The van der Waals surface area contributed by atoms with Gasteiger partial charge in [-0.2, -0.15) is 10.4 Å². The number of rotatable bonds is 11. The van der Waals surface area contributed by atoms with Gasteiger partial charge in [0.05, 0.1) is 11.5 Å². The van der Waals surface area contributed by atoms with Gasteiger partial charge < -0.3 is 34.5 Å². The van der Waals surface area contributed by atoms with Gasteiger partial charge in [-0.3, -0.25) is 14.9 Å². The summed E-state index contributed by atoms with van der Waals surface area (Å²) in [7, 11) is 0. The Balaban J connectivity index is 1.92. The number of nitrogens with two attached hydrogens (primary N) is 1. The number of nitrogens with one attached hydrogen (secondary N) is 1. The van der Waals surface area contributed by atoms with Crippen LogP contribution in [0.5, 0.6) is 0 Å². The van der Waals surface area contributed by atoms with Crippen molar-refractivity contribution in [2.45, 2.75) is 64.1 Å². The normalized spacial score (nSPS) is 22.8. The minimum absolute atomic E-state index is 0.0165. The third-order valence-electron chi connectivity index (χ3n) is 6.08. The zero-order valence-corrected chi connectivity index (χ0v) is 22.5. The second-order valence-corrected chi connectivity index (χ2v) is 9.30. The zero-order valence-electron chi connectivity index (χ0n) is 22.5. The fourth-order valence-electron chi connectivity index (χ4n) is 3.84. The third kappa shape index (κ3) is 6.30. The molecule has 0 radical (unpaired) electrons. The van der Waals surface area contributed by atoms with Crippen LogP contribution in [0.3, 0.4) is 0 Å². The van der Waals surface area contributed by atoms with Crippen molar-refractivity contribution in [2.24, 2.45) is 11.7 Å². The summed E-state index contributed by atoms with van der Waals surface area (Å²) in [5.74, 6) is -1.23. The molecule has 15 heteroatoms. The van der Waals surface area contributed by atoms with Gasteiger partial charge in [-0.15, -0.1) is 0 Å². The first-order valence-corrected chi connectivity index (χ1v) is 12.4. The molecule has 0 bridgehead atoms. The first-order chi connectivity index (χ1) is 18.9. The van der Waals surface area contributed by atoms with E-state index < -0.39 is 54.6 Å². The van der Waals surface area contributed by atoms with Crippen LogP contribution in [0, 0.1) is 17.2 Å². The number of allylic oxidation sites excluding steroid dienone is 1. The lowest BCUT2D eigenvalue weighted by atomic mass is 9.92. The Kier molecular flexibility index (Phi) is 9.64. The highest BCUT2D eigenvalue weighted by Crippen LogP contribution is 2.42. The van der Waals surface area contributed by atoms with Crippen LogP contribution in [-0.2, 0) is 38.9 Å². The second-order valence-electron chi connectivity index (χ2n) is 9.30. The first-order valence-electron chi connectivity index (χ1n) is 12.4. The van der Waals surface area contributed by atoms with Crippen LogP contribution in [0.1, 0.15) is 39.8 Å². The summed E-state index contributed by atoms with van der Waals surface area (Å²) in [5.41, 5.74) is 3.98. The van der Waals surface area contributed by atoms with E-state index in [1.807, 2.05) is 6.07 Å². The SMILES string of the molecule is C=C(C)OCOC(=O)Nc1ncnn2c([C@]3(C#N)O[C@H](COC(=O)[C@@H](N)C(C)C)[C@@H](OC(=O)CC)[C@H]3O)ccc12. The van der Waals surface area contributed by atoms with Crippen LogP contribution >= 0.6 is 0 Å². The summed E-state index contributed by atoms with van der Waals surface area (Å²) in [5, 5.41) is 28.2. The van der Waals surface area contributed by atoms with Crippen molar-refractivity contribution in [1.82, 2.24) is 14.6 Å². The van der Waals surface area contributed by atoms with Gasteiger partial charge in [-0.25, -0.2) is 14.3 Å². The molecule has 1 fully saturated rings. The molecule has 1 aliphatic rings. The van der Waals surface area contributed by atoms with Crippen molar-refractivity contribution < 1.29 is 43.2 Å². The number of nitriles is 1. The Bertz CT molecular complexity index is 1310. The van der Waals surface area contributed by atoms with Gasteiger partial charge in [0.2, 0.25) is 12.4 Å². The lowest BCUT2D eigenvalue weighted by molar-refractivity contribution is -0.160. The summed E-state index contributed by atoms with van der Waals surface area (Å²) < 4.78 is 27.8. The molecule has 5 atom stereocenters. The molecule has 2 aromatic rings. The van der Waals surface area contributed by atoms with Crippen molar-refractivity contribution >= 4 is 29.4 Å². The highest BCUT2D eigenvalue weighted by Gasteiger charge is 2.60. The molecule has 0 unspecified atom stereocenters. The third-order valence-corrected chi connectivity index (χ3v) is 6.08. The first kappa shape index (κ1) is 30.3. The van der Waals surface area contributed by atoms with Crippen LogP contribution in [0.25, 0.3) is 5.52 Å². The quantitative estimate of drug-likeness (QED) is 0.152. The number of nitrogens with zero attached hydrogens (tertiary/aromatic N) is 4. The summed E-state index contributed by atoms with van der Waals surface area (Å²) >= 11 is 0. The monoisotopic (exact) mass is 560 g/mol. The molecule has 1 amide bonds. The minimum Gasteiger partial charge on any atom is -0.463 e. The van der Waals surface area contributed by atoms with E-state index in [2.05, 4.69) is 22.0 Å². The molecule has 3 rings (SSSR count). The van der Waals surface area contributed by atoms with E-state index in [1.54, 1.807) is 27.7 Å². The molecule has 0 saturated carbocycles. The van der Waals surface area contributed by atoms with E-state index in [-0.39, 0.29) is 36.2 Å². The topological polar surface area (TPSA) is 210 Å². The largest absolute Gasteiger partial charge is 0.463 e. The molecule has 1 saturated heterocycles. The van der Waals surface area contributed by atoms with Gasteiger partial charge in [0.1, 0.15) is 42.8 Å². The smallest absolute Gasteiger partial charge is 0.415 e. The maximum Gasteiger partial charge on any atom is 0.415 e. The summed E-state index contributed by atoms with van der Waals surface area (Å²) in [6.07, 6.45) is -4.11. The van der Waals surface area contributed by atoms with Gasteiger partial charge in [0.15, 0.2) is 11.9 Å². The second kappa shape index (κ2) is 12.7. The van der Waals surface area contributed by atoms with Crippen LogP contribution in [0.15, 0.2) is 30.8 Å². The number of carbonyl (C=O) groups excluding carboxylic acids is 3. The fraction of sp³-hybridized carbons (Fsp3) is 0.520. The number of esters is 2. The average molecular weight is 561 g/mol. The van der Waals surface area contributed by atoms with Gasteiger partial charge in [0.25, 0.3) is 0 Å². The number of fused-ring (bicyclic) bond motifs is 1. The van der Waals surface area contributed by atoms with Crippen LogP contribution in [0.4, 0.5) is 10.6 Å². The maximum absolute atomic E-state index is 12.4. The Labute approximate surface area is 229 Å². The Morgan fingerprint density at radius 1 is 1.32 bits per heavy atom. The number of carbonyl (C=O) groups is 3. The van der Waals surface area contributed by atoms with Crippen LogP contribution in [0.2, 0.25) is 0 Å². The summed E-state index contributed by atoms with van der Waals surface area (Å²) in [6, 6.07) is 3.95. The van der Waals surface area contributed by atoms with Gasteiger partial charge >= 0.3 is 18.0 Å². The molecule has 40 heavy (non-hydrogen) atoms. The Morgan fingerprint density at radius 2 is 2.05 bits per heavy atom. The predicted molar refractivity (Wildman–Crippen MR) is 136 cm³/mol. The minimum atomic E-state index is -2.12. The molecule has 1 aliphatic heterocycles. The summed E-state index contributed by atoms with van der Waals surface area (Å²) in [6.45, 7) is 9.33. The van der Waals surface area contributed by atoms with E-state index in [0.717, 1.165) is 6.33 Å². The van der Waals surface area contributed by atoms with Crippen molar-refractivity contribution in [2.75, 3.05) is 18.7 Å². The summed E-state index contributed by atoms with van der Waals surface area (Å²) in [4.78, 5) is 40.7. The molecule has 0 aliphatic carbocycles. The van der Waals surface area contributed by atoms with Crippen LogP contribution in [-0.4, -0.2) is 75.5 Å². The number of aromatic nitrogens is 3. The Hall–Kier alpha value is -4.26. The van der Waals surface area contributed by atoms with Gasteiger partial charge in [0, 0.05) is 6.42 Å². The number of ether oxygens (including phenoxy) is 5. The number of aliphatic hydroxyl groups excluding tert-OH is 1. The van der Waals surface area contributed by atoms with Crippen molar-refractivity contribution in [3.8, 4) is 6.07 Å². The number of anilines is 1. The number of hydrogen-bond donors (Lipinski definition) is 3. The lowest BCUT2D eigenvalue weighted by Gasteiger charge is -2.24. The van der Waals surface area contributed by atoms with E-state index in [1.165, 1.54) is 16.6 Å². The molecular formula is C25H32N6O9. The number of hydrogen-bond acceptors (Lipinski definition) is 13. The van der Waals surface area contributed by atoms with Gasteiger partial charge in [-0.1, -0.05) is 27.4 Å². The van der Waals surface area contributed by atoms with Crippen molar-refractivity contribution in [3.63, 3.8) is 0 Å². The Morgan fingerprint density at radius 3 is 2.67 bits per heavy atom. The lowest BCUT2D eigenvalue weighted by Crippen LogP contribution is -2.43. The molecule has 216 valence electrons. The molecule has 3 heterocycles. The van der Waals surface area contributed by atoms with Crippen LogP contribution < -0.4 is 11.1 Å². The molecule has 4 N–H and O–H groups in total. The highest BCUT2D eigenvalue weighted by molar-refractivity contribution is 5.88. The average Bonchev–Trinajstić information content (AvgIpc) is 3.47. The zero-order chi connectivity index (χ0) is 29.6. The standard InChI is InChI=1S/C25H32N6O9/c1-6-18(32)39-20-16(9-36-23(34)19(27)13(2)3)40-25(10-26,21(20)33)17-8-7-15-22(28-11-29-31(15)17)30-24(35)38-12-37-14(4)5/h7-8,11,13,16,19-21,33H,4,6,9,12,27H2,1-3,5H3,(H,28,29,30,35)/t16-,19+,20-,21-,25+/m1/s1. The number of aliphatic hydroxyl groups is 1. The predicted octanol–water partition coefficient (Wildman–Crippen LogP) is 1.11. The maximum atomic E-state index is 12.4. The fourth-order valence-corrected chi connectivity index (χ4v) is 3.84. The van der Waals surface area contributed by atoms with Crippen molar-refractivity contribution in [1.29, 1.82) is 5.26 Å². The highest BCUT2D eigenvalue weighted by atomic mass is 16.7. The van der Waals surface area contributed by atoms with E-state index in [9.17, 15) is 24.8 Å². The molecular weight excluding hydrogens is 528 g/mol. The molecule has 0 aromatic carbocycles. The molecule has 0 spiro atoms. The van der Waals surface area contributed by atoms with Gasteiger partial charge in [-0.05, 0) is 25.0 Å². The molecule has 2 aromatic heterocycles. The van der Waals surface area contributed by atoms with Crippen molar-refractivity contribution in [3.05, 3.63) is 36.5 Å². The van der Waals surface area contributed by atoms with E-state index >= 15 is 0 Å².